The number of ether oxygens (including phenoxy) is 1. The van der Waals surface area contributed by atoms with Gasteiger partial charge in [0.2, 0.25) is 0 Å². The van der Waals surface area contributed by atoms with E-state index in [2.05, 4.69) is 4.74 Å². The normalized spacial score (nSPS) is 17.5. The van der Waals surface area contributed by atoms with E-state index < -0.39 is 22.0 Å². The van der Waals surface area contributed by atoms with Gasteiger partial charge in [0.15, 0.2) is 16.0 Å². The molecule has 0 aliphatic carbocycles. The molecule has 0 spiro atoms. The largest absolute Gasteiger partial charge is 0.466 e. The number of aliphatic hydroxyl groups is 1. The molecule has 0 aromatic heterocycles. The maximum atomic E-state index is 10.8. The van der Waals surface area contributed by atoms with Gasteiger partial charge in [-0.1, -0.05) is 0 Å². The van der Waals surface area contributed by atoms with Crippen LogP contribution in [-0.2, 0) is 20.6 Å². The molecule has 2 atom stereocenters. The van der Waals surface area contributed by atoms with Crippen molar-refractivity contribution in [1.29, 1.82) is 0 Å². The topological polar surface area (TPSA) is 83.8 Å². The van der Waals surface area contributed by atoms with E-state index in [1.165, 1.54) is 6.92 Å². The van der Waals surface area contributed by atoms with Gasteiger partial charge in [0.1, 0.15) is 0 Å². The van der Waals surface area contributed by atoms with Gasteiger partial charge in [-0.15, -0.1) is 0 Å². The Hall–Kier alpha value is -0.460. The van der Waals surface area contributed by atoms with Crippen LogP contribution < -0.4 is 0 Å². The summed E-state index contributed by atoms with van der Waals surface area (Å²) in [7, 11) is 0. The minimum Gasteiger partial charge on any atom is -0.466 e. The highest BCUT2D eigenvalue weighted by molar-refractivity contribution is 7.80. The fraction of sp³-hybridized carbons (Fsp3) is 0.857. The van der Waals surface area contributed by atoms with Gasteiger partial charge in [0.05, 0.1) is 6.61 Å². The van der Waals surface area contributed by atoms with Crippen LogP contribution in [0.1, 0.15) is 26.7 Å². The quantitative estimate of drug-likeness (QED) is 0.502. The van der Waals surface area contributed by atoms with Gasteiger partial charge in [-0.2, -0.15) is 0 Å². The lowest BCUT2D eigenvalue weighted by molar-refractivity contribution is -0.143. The molecule has 0 saturated carbocycles. The lowest BCUT2D eigenvalue weighted by Gasteiger charge is -2.17. The van der Waals surface area contributed by atoms with Crippen molar-refractivity contribution in [3.05, 3.63) is 0 Å². The summed E-state index contributed by atoms with van der Waals surface area (Å²) >= 11 is -2.35. The molecule has 0 bridgehead atoms. The molecule has 0 aromatic carbocycles. The van der Waals surface area contributed by atoms with Gasteiger partial charge in [0, 0.05) is 12.8 Å². The maximum Gasteiger partial charge on any atom is 0.305 e. The SMILES string of the molecule is CCOC(=O)CCC(C)(O)S(=O)O. The molecule has 0 aliphatic heterocycles. The van der Waals surface area contributed by atoms with Crippen LogP contribution in [0.3, 0.4) is 0 Å². The minimum absolute atomic E-state index is 0.0624. The Morgan fingerprint density at radius 2 is 2.15 bits per heavy atom. The van der Waals surface area contributed by atoms with E-state index in [0.29, 0.717) is 0 Å². The molecule has 0 heterocycles. The number of hydrogen-bond acceptors (Lipinski definition) is 4. The standard InChI is InChI=1S/C7H14O5S/c1-3-12-6(8)4-5-7(2,9)13(10)11/h9H,3-5H2,1-2H3,(H,10,11). The number of rotatable bonds is 5. The summed E-state index contributed by atoms with van der Waals surface area (Å²) < 4.78 is 23.7. The lowest BCUT2D eigenvalue weighted by Crippen LogP contribution is -2.30. The molecule has 2 unspecified atom stereocenters. The molecule has 6 heteroatoms. The predicted octanol–water partition coefficient (Wildman–Crippen LogP) is 0.260. The van der Waals surface area contributed by atoms with E-state index in [1.54, 1.807) is 6.92 Å². The third-order valence-electron chi connectivity index (χ3n) is 1.47. The van der Waals surface area contributed by atoms with Crippen LogP contribution in [0.4, 0.5) is 0 Å². The number of carbonyl (C=O) groups excluding carboxylic acids is 1. The van der Waals surface area contributed by atoms with Crippen molar-refractivity contribution in [3.8, 4) is 0 Å². The second-order valence-corrected chi connectivity index (χ2v) is 4.11. The smallest absolute Gasteiger partial charge is 0.305 e. The van der Waals surface area contributed by atoms with Crippen LogP contribution >= 0.6 is 0 Å². The number of hydrogen-bond donors (Lipinski definition) is 2. The van der Waals surface area contributed by atoms with E-state index in [4.69, 9.17) is 4.55 Å². The molecular formula is C7H14O5S. The predicted molar refractivity (Wildman–Crippen MR) is 47.3 cm³/mol. The highest BCUT2D eigenvalue weighted by Crippen LogP contribution is 2.15. The van der Waals surface area contributed by atoms with E-state index >= 15 is 0 Å². The third-order valence-corrected chi connectivity index (χ3v) is 2.43. The average molecular weight is 210 g/mol. The summed E-state index contributed by atoms with van der Waals surface area (Å²) in [6, 6.07) is 0. The van der Waals surface area contributed by atoms with Crippen LogP contribution in [0.25, 0.3) is 0 Å². The summed E-state index contributed by atoms with van der Waals surface area (Å²) in [5, 5.41) is 9.25. The van der Waals surface area contributed by atoms with Gasteiger partial charge in [-0.25, -0.2) is 4.21 Å². The number of carbonyl (C=O) groups is 1. The first-order valence-electron chi connectivity index (χ1n) is 3.89. The summed E-state index contributed by atoms with van der Waals surface area (Å²) in [5.41, 5.74) is 0. The number of esters is 1. The van der Waals surface area contributed by atoms with Crippen LogP contribution in [0, 0.1) is 0 Å². The Labute approximate surface area is 79.4 Å². The first kappa shape index (κ1) is 12.5. The highest BCUT2D eigenvalue weighted by atomic mass is 32.2. The maximum absolute atomic E-state index is 10.8. The van der Waals surface area contributed by atoms with Gasteiger partial charge in [-0.3, -0.25) is 4.79 Å². The van der Waals surface area contributed by atoms with Crippen molar-refractivity contribution in [2.45, 2.75) is 31.6 Å². The molecule has 0 saturated heterocycles. The Morgan fingerprint density at radius 1 is 1.62 bits per heavy atom. The fourth-order valence-corrected chi connectivity index (χ4v) is 0.931. The summed E-state index contributed by atoms with van der Waals surface area (Å²) in [4.78, 5) is 9.06. The van der Waals surface area contributed by atoms with E-state index in [9.17, 15) is 14.1 Å². The van der Waals surface area contributed by atoms with Crippen molar-refractivity contribution in [2.24, 2.45) is 0 Å². The molecule has 2 N–H and O–H groups in total. The zero-order valence-electron chi connectivity index (χ0n) is 7.65. The zero-order chi connectivity index (χ0) is 10.5. The average Bonchev–Trinajstić information content (AvgIpc) is 2.01. The highest BCUT2D eigenvalue weighted by Gasteiger charge is 2.28. The Balaban J connectivity index is 3.88. The molecule has 5 nitrogen and oxygen atoms in total. The van der Waals surface area contributed by atoms with Crippen LogP contribution in [0.15, 0.2) is 0 Å². The van der Waals surface area contributed by atoms with Gasteiger partial charge >= 0.3 is 5.97 Å². The molecule has 0 aliphatic rings. The molecular weight excluding hydrogens is 196 g/mol. The summed E-state index contributed by atoms with van der Waals surface area (Å²) in [6.45, 7) is 3.13. The van der Waals surface area contributed by atoms with Gasteiger partial charge in [0.25, 0.3) is 0 Å². The Kier molecular flexibility index (Phi) is 5.12. The van der Waals surface area contributed by atoms with Crippen LogP contribution in [0.2, 0.25) is 0 Å². The summed E-state index contributed by atoms with van der Waals surface area (Å²) in [5.74, 6) is -0.478. The van der Waals surface area contributed by atoms with Crippen molar-refractivity contribution in [3.63, 3.8) is 0 Å². The second-order valence-electron chi connectivity index (χ2n) is 2.73. The zero-order valence-corrected chi connectivity index (χ0v) is 8.47. The summed E-state index contributed by atoms with van der Waals surface area (Å²) in [6.07, 6.45) is -0.151. The minimum atomic E-state index is -2.35. The molecule has 13 heavy (non-hydrogen) atoms. The van der Waals surface area contributed by atoms with E-state index in [0.717, 1.165) is 0 Å². The van der Waals surface area contributed by atoms with Crippen molar-refractivity contribution in [2.75, 3.05) is 6.61 Å². The fourth-order valence-electron chi connectivity index (χ4n) is 0.654. The van der Waals surface area contributed by atoms with Gasteiger partial charge in [-0.05, 0) is 13.8 Å². The Morgan fingerprint density at radius 3 is 2.54 bits per heavy atom. The third kappa shape index (κ3) is 4.97. The van der Waals surface area contributed by atoms with Crippen molar-refractivity contribution in [1.82, 2.24) is 0 Å². The molecule has 0 aromatic rings. The lowest BCUT2D eigenvalue weighted by atomic mass is 10.2. The molecule has 0 fully saturated rings. The molecule has 78 valence electrons. The van der Waals surface area contributed by atoms with E-state index in [1.807, 2.05) is 0 Å². The van der Waals surface area contributed by atoms with Crippen molar-refractivity contribution >= 4 is 17.0 Å². The Bertz CT molecular complexity index is 201. The molecule has 0 amide bonds. The first-order chi connectivity index (χ1) is 5.90. The first-order valence-corrected chi connectivity index (χ1v) is 4.99. The molecule has 0 rings (SSSR count). The van der Waals surface area contributed by atoms with Crippen molar-refractivity contribution < 1.29 is 23.4 Å². The van der Waals surface area contributed by atoms with E-state index in [-0.39, 0.29) is 19.4 Å². The van der Waals surface area contributed by atoms with Crippen LogP contribution in [-0.4, -0.2) is 31.4 Å². The van der Waals surface area contributed by atoms with Gasteiger partial charge < -0.3 is 14.4 Å². The van der Waals surface area contributed by atoms with Crippen LogP contribution in [0.5, 0.6) is 0 Å². The monoisotopic (exact) mass is 210 g/mol. The molecule has 0 radical (unpaired) electrons. The second kappa shape index (κ2) is 5.31.